The number of amides is 3. The number of hydrogen-bond acceptors (Lipinski definition) is 11. The molecule has 318 valence electrons. The highest BCUT2D eigenvalue weighted by atomic mass is 16.5. The van der Waals surface area contributed by atoms with Crippen LogP contribution in [0.1, 0.15) is 107 Å². The summed E-state index contributed by atoms with van der Waals surface area (Å²) >= 11 is 0. The number of nitrogens with two attached hydrogens (primary N) is 1. The fourth-order valence-corrected chi connectivity index (χ4v) is 3.66. The lowest BCUT2D eigenvalue weighted by Crippen LogP contribution is -2.22. The molecule has 6 N–H and O–H groups in total. The molecule has 2 aromatic heterocycles. The number of nitrogens with one attached hydrogen (secondary N) is 4. The minimum absolute atomic E-state index is 0.0349. The molecule has 1 aromatic carbocycles. The third-order valence-corrected chi connectivity index (χ3v) is 5.96. The Morgan fingerprint density at radius 3 is 1.89 bits per heavy atom. The standard InChI is InChI=1S/C20H26N6O4.C8H17NO3.C3H7NO.4C2H6/c1-3-4-15(27)22-11-13-5-7-14(8-6-13)12-26-18-16(23-20(26)28)17(21)24-19(25-18)30-10-9-29-2;1-2-4-11-6-7-12-5-3-9-8-10;1-2-4-3-5;4*1-2/h5-8H,3-4,9-12H2,1-2H3,(H,22,27)(H,23,28)(H2,21,24,25);8H,2-7H2,1H3,(H,9,10);3H,2H2,1H3,(H,4,5);4*1-2H3. The third kappa shape index (κ3) is 29.5. The second-order valence-electron chi connectivity index (χ2n) is 9.76. The van der Waals surface area contributed by atoms with Crippen LogP contribution in [0.4, 0.5) is 5.82 Å². The van der Waals surface area contributed by atoms with Crippen molar-refractivity contribution in [3.05, 3.63) is 45.9 Å². The Kier molecular flexibility index (Phi) is 45.6. The van der Waals surface area contributed by atoms with Crippen LogP contribution in [0.5, 0.6) is 6.01 Å². The minimum atomic E-state index is -0.337. The largest absolute Gasteiger partial charge is 0.461 e. The number of benzene rings is 1. The summed E-state index contributed by atoms with van der Waals surface area (Å²) in [5, 5.41) is 7.81. The van der Waals surface area contributed by atoms with E-state index in [0.717, 1.165) is 37.1 Å². The Morgan fingerprint density at radius 2 is 1.38 bits per heavy atom. The fraction of sp³-hybridized carbons (Fsp3) is 0.641. The van der Waals surface area contributed by atoms with Crippen LogP contribution < -0.4 is 32.1 Å². The molecular weight excluding hydrogens is 708 g/mol. The van der Waals surface area contributed by atoms with E-state index in [-0.39, 0.29) is 30.0 Å². The van der Waals surface area contributed by atoms with E-state index in [1.54, 1.807) is 7.11 Å². The van der Waals surface area contributed by atoms with E-state index in [2.05, 4.69) is 37.8 Å². The number of aromatic amines is 1. The molecule has 3 rings (SSSR count). The van der Waals surface area contributed by atoms with Gasteiger partial charge in [0, 0.05) is 39.8 Å². The van der Waals surface area contributed by atoms with E-state index in [4.69, 9.17) is 24.7 Å². The maximum atomic E-state index is 12.4. The lowest BCUT2D eigenvalue weighted by Gasteiger charge is -2.08. The number of nitrogen functional groups attached to an aromatic ring is 1. The van der Waals surface area contributed by atoms with Gasteiger partial charge in [0.15, 0.2) is 11.5 Å². The van der Waals surface area contributed by atoms with E-state index in [1.807, 2.05) is 93.5 Å². The molecule has 0 aliphatic heterocycles. The molecule has 0 radical (unpaired) electrons. The quantitative estimate of drug-likeness (QED) is 0.0698. The molecule has 3 amide bonds. The lowest BCUT2D eigenvalue weighted by atomic mass is 10.1. The summed E-state index contributed by atoms with van der Waals surface area (Å²) in [5.74, 6) is 0.175. The molecule has 0 bridgehead atoms. The monoisotopic (exact) mass is 783 g/mol. The van der Waals surface area contributed by atoms with Crippen LogP contribution in [0.15, 0.2) is 29.1 Å². The highest BCUT2D eigenvalue weighted by Crippen LogP contribution is 2.18. The van der Waals surface area contributed by atoms with Gasteiger partial charge in [-0.2, -0.15) is 9.97 Å². The zero-order chi connectivity index (χ0) is 42.7. The number of methoxy groups -OCH3 is 1. The van der Waals surface area contributed by atoms with E-state index < -0.39 is 0 Å². The van der Waals surface area contributed by atoms with E-state index >= 15 is 0 Å². The van der Waals surface area contributed by atoms with Crippen LogP contribution in [-0.4, -0.2) is 98.1 Å². The summed E-state index contributed by atoms with van der Waals surface area (Å²) < 4.78 is 22.2. The normalized spacial score (nSPS) is 9.16. The first kappa shape index (κ1) is 57.2. The van der Waals surface area contributed by atoms with Gasteiger partial charge in [0.05, 0.1) is 33.0 Å². The first-order valence-electron chi connectivity index (χ1n) is 19.6. The van der Waals surface area contributed by atoms with Crippen LogP contribution in [0.2, 0.25) is 0 Å². The van der Waals surface area contributed by atoms with Gasteiger partial charge in [0.1, 0.15) is 12.1 Å². The first-order chi connectivity index (χ1) is 26.8. The zero-order valence-electron chi connectivity index (χ0n) is 35.8. The van der Waals surface area contributed by atoms with Crippen molar-refractivity contribution >= 4 is 35.7 Å². The maximum absolute atomic E-state index is 12.4. The van der Waals surface area contributed by atoms with Crippen molar-refractivity contribution in [2.45, 2.75) is 109 Å². The van der Waals surface area contributed by atoms with Gasteiger partial charge in [-0.15, -0.1) is 0 Å². The summed E-state index contributed by atoms with van der Waals surface area (Å²) in [5.41, 5.74) is 8.24. The van der Waals surface area contributed by atoms with Crippen molar-refractivity contribution in [2.24, 2.45) is 0 Å². The average Bonchev–Trinajstić information content (AvgIpc) is 3.54. The van der Waals surface area contributed by atoms with Gasteiger partial charge in [-0.1, -0.05) is 93.5 Å². The number of ether oxygens (including phenoxy) is 4. The highest BCUT2D eigenvalue weighted by Gasteiger charge is 2.15. The summed E-state index contributed by atoms with van der Waals surface area (Å²) in [6.07, 6.45) is 3.71. The minimum Gasteiger partial charge on any atom is -0.461 e. The second kappa shape index (κ2) is 43.9. The molecule has 0 aliphatic rings. The van der Waals surface area contributed by atoms with Gasteiger partial charge in [-0.3, -0.25) is 19.0 Å². The van der Waals surface area contributed by atoms with Gasteiger partial charge in [0.2, 0.25) is 18.7 Å². The number of fused-ring (bicyclic) bond motifs is 1. The number of carbonyl (C=O) groups excluding carboxylic acids is 3. The molecule has 0 fully saturated rings. The number of hydrogen-bond donors (Lipinski definition) is 5. The number of anilines is 1. The topological polar surface area (TPSA) is 214 Å². The van der Waals surface area contributed by atoms with Gasteiger partial charge in [-0.25, -0.2) is 4.79 Å². The molecule has 0 saturated carbocycles. The summed E-state index contributed by atoms with van der Waals surface area (Å²) in [6.45, 7) is 27.2. The molecule has 3 aromatic rings. The predicted molar refractivity (Wildman–Crippen MR) is 223 cm³/mol. The maximum Gasteiger partial charge on any atom is 0.328 e. The molecule has 16 heteroatoms. The van der Waals surface area contributed by atoms with Crippen LogP contribution in [0.3, 0.4) is 0 Å². The predicted octanol–water partition coefficient (Wildman–Crippen LogP) is 5.22. The second-order valence-corrected chi connectivity index (χ2v) is 9.76. The van der Waals surface area contributed by atoms with Gasteiger partial charge >= 0.3 is 11.7 Å². The van der Waals surface area contributed by atoms with Crippen molar-refractivity contribution in [3.63, 3.8) is 0 Å². The van der Waals surface area contributed by atoms with Gasteiger partial charge < -0.3 is 45.6 Å². The Bertz CT molecular complexity index is 1350. The van der Waals surface area contributed by atoms with Crippen LogP contribution in [0, 0.1) is 0 Å². The van der Waals surface area contributed by atoms with Crippen molar-refractivity contribution in [2.75, 3.05) is 65.6 Å². The van der Waals surface area contributed by atoms with Crippen LogP contribution >= 0.6 is 0 Å². The summed E-state index contributed by atoms with van der Waals surface area (Å²) in [6, 6.07) is 7.75. The van der Waals surface area contributed by atoms with Gasteiger partial charge in [-0.05, 0) is 30.9 Å². The molecule has 0 unspecified atom stereocenters. The number of nitrogens with zero attached hydrogens (tertiary/aromatic N) is 3. The van der Waals surface area contributed by atoms with Crippen molar-refractivity contribution in [1.29, 1.82) is 0 Å². The molecule has 2 heterocycles. The van der Waals surface area contributed by atoms with E-state index in [1.165, 1.54) is 4.57 Å². The lowest BCUT2D eigenvalue weighted by molar-refractivity contribution is -0.121. The Morgan fingerprint density at radius 1 is 0.800 bits per heavy atom. The highest BCUT2D eigenvalue weighted by molar-refractivity contribution is 5.82. The molecule has 0 aliphatic carbocycles. The van der Waals surface area contributed by atoms with Crippen molar-refractivity contribution in [3.8, 4) is 6.01 Å². The smallest absolute Gasteiger partial charge is 0.328 e. The SMILES string of the molecule is CC.CC.CC.CC.CCCC(=O)NCc1ccc(Cn2c(=O)[nH]c3c(N)nc(OCCOC)nc32)cc1.CCCOCCOCCNC=O.CCNC=O. The summed E-state index contributed by atoms with van der Waals surface area (Å²) in [7, 11) is 1.57. The van der Waals surface area contributed by atoms with E-state index in [9.17, 15) is 19.2 Å². The molecule has 0 saturated heterocycles. The molecule has 0 atom stereocenters. The van der Waals surface area contributed by atoms with Crippen LogP contribution in [-0.2, 0) is 41.7 Å². The Hall–Kier alpha value is -4.54. The number of aromatic nitrogens is 4. The summed E-state index contributed by atoms with van der Waals surface area (Å²) in [4.78, 5) is 54.2. The van der Waals surface area contributed by atoms with Crippen LogP contribution in [0.25, 0.3) is 11.2 Å². The molecule has 55 heavy (non-hydrogen) atoms. The number of rotatable bonds is 21. The Labute approximate surface area is 330 Å². The zero-order valence-corrected chi connectivity index (χ0v) is 35.8. The average molecular weight is 783 g/mol. The van der Waals surface area contributed by atoms with E-state index in [0.29, 0.717) is 76.5 Å². The van der Waals surface area contributed by atoms with Gasteiger partial charge in [0.25, 0.3) is 0 Å². The third-order valence-electron chi connectivity index (χ3n) is 5.96. The number of carbonyl (C=O) groups is 3. The number of H-pyrrole nitrogens is 1. The molecule has 0 spiro atoms. The molecule has 16 nitrogen and oxygen atoms in total. The van der Waals surface area contributed by atoms with Crippen molar-refractivity contribution < 1.29 is 33.3 Å². The number of imidazole rings is 1. The fourth-order valence-electron chi connectivity index (χ4n) is 3.66. The molecular formula is C39H74N8O8. The Balaban J connectivity index is -0.000000431. The first-order valence-corrected chi connectivity index (χ1v) is 19.6. The van der Waals surface area contributed by atoms with Crippen molar-refractivity contribution in [1.82, 2.24) is 35.5 Å².